The standard InChI is InChI=1S/C30H33F3N4O6S/c1-19-7-8-20(36-12-14-37(15-13-36)27(39)42-28(2,3)4)16-23(19)26(38)35-29(9-10-29)24-17-21(43-44(40,41)30(31,32)33)18-25-22(24)6-5-11-34-25/h5-8,11,16-18H,9-10,12-15H2,1-4H3,(H,35,38). The maximum absolute atomic E-state index is 13.7. The predicted molar refractivity (Wildman–Crippen MR) is 157 cm³/mol. The predicted octanol–water partition coefficient (Wildman–Crippen LogP) is 5.25. The number of rotatable bonds is 6. The van der Waals surface area contributed by atoms with E-state index in [1.54, 1.807) is 30.0 Å². The van der Waals surface area contributed by atoms with Crippen molar-refractivity contribution in [1.29, 1.82) is 0 Å². The molecule has 0 bridgehead atoms. The number of aryl methyl sites for hydroxylation is 1. The molecule has 1 aliphatic carbocycles. The molecule has 236 valence electrons. The highest BCUT2D eigenvalue weighted by Gasteiger charge is 2.50. The summed E-state index contributed by atoms with van der Waals surface area (Å²) in [5.41, 5.74) is -4.59. The lowest BCUT2D eigenvalue weighted by molar-refractivity contribution is -0.0500. The zero-order valence-corrected chi connectivity index (χ0v) is 25.5. The molecule has 1 aromatic heterocycles. The molecule has 10 nitrogen and oxygen atoms in total. The Kier molecular flexibility index (Phi) is 7.93. The molecule has 1 aliphatic heterocycles. The van der Waals surface area contributed by atoms with E-state index in [2.05, 4.69) is 19.4 Å². The zero-order chi connectivity index (χ0) is 32.1. The van der Waals surface area contributed by atoms with Crippen LogP contribution in [0.1, 0.15) is 55.1 Å². The van der Waals surface area contributed by atoms with Crippen LogP contribution < -0.4 is 14.4 Å². The number of benzene rings is 2. The number of hydrogen-bond acceptors (Lipinski definition) is 8. The molecule has 0 radical (unpaired) electrons. The highest BCUT2D eigenvalue weighted by molar-refractivity contribution is 7.88. The minimum Gasteiger partial charge on any atom is -0.444 e. The number of ether oxygens (including phenoxy) is 1. The highest BCUT2D eigenvalue weighted by Crippen LogP contribution is 2.49. The molecule has 0 unspecified atom stereocenters. The van der Waals surface area contributed by atoms with Crippen molar-refractivity contribution in [2.75, 3.05) is 31.1 Å². The van der Waals surface area contributed by atoms with Crippen molar-refractivity contribution in [3.63, 3.8) is 0 Å². The fraction of sp³-hybridized carbons (Fsp3) is 0.433. The summed E-state index contributed by atoms with van der Waals surface area (Å²) in [5, 5.41) is 3.60. The lowest BCUT2D eigenvalue weighted by atomic mass is 9.97. The Hall–Kier alpha value is -4.07. The second kappa shape index (κ2) is 11.1. The molecule has 2 aliphatic rings. The molecule has 14 heteroatoms. The van der Waals surface area contributed by atoms with Crippen LogP contribution in [-0.2, 0) is 20.4 Å². The Balaban J connectivity index is 1.37. The summed E-state index contributed by atoms with van der Waals surface area (Å²) in [5.74, 6) is -0.937. The number of anilines is 1. The maximum Gasteiger partial charge on any atom is 0.534 e. The summed E-state index contributed by atoms with van der Waals surface area (Å²) < 4.78 is 72.5. The third-order valence-corrected chi connectivity index (χ3v) is 8.54. The van der Waals surface area contributed by atoms with Gasteiger partial charge in [-0.25, -0.2) is 4.79 Å². The molecule has 2 heterocycles. The first kappa shape index (κ1) is 31.4. The molecule has 1 N–H and O–H groups in total. The fourth-order valence-corrected chi connectivity index (χ4v) is 5.62. The van der Waals surface area contributed by atoms with Gasteiger partial charge >= 0.3 is 21.7 Å². The zero-order valence-electron chi connectivity index (χ0n) is 24.7. The molecule has 44 heavy (non-hydrogen) atoms. The molecule has 2 fully saturated rings. The summed E-state index contributed by atoms with van der Waals surface area (Å²) in [7, 11) is -5.91. The highest BCUT2D eigenvalue weighted by atomic mass is 32.2. The molecule has 1 saturated carbocycles. The van der Waals surface area contributed by atoms with E-state index in [-0.39, 0.29) is 17.5 Å². The van der Waals surface area contributed by atoms with Crippen LogP contribution in [0, 0.1) is 6.92 Å². The number of amides is 2. The average Bonchev–Trinajstić information content (AvgIpc) is 3.71. The molecule has 3 aromatic rings. The van der Waals surface area contributed by atoms with E-state index in [1.807, 2.05) is 32.9 Å². The lowest BCUT2D eigenvalue weighted by Gasteiger charge is -2.37. The molecular formula is C30H33F3N4O6S. The number of piperazine rings is 1. The number of carbonyl (C=O) groups excluding carboxylic acids is 2. The van der Waals surface area contributed by atoms with E-state index in [9.17, 15) is 31.2 Å². The number of halogens is 3. The summed E-state index contributed by atoms with van der Waals surface area (Å²) >= 11 is 0. The Morgan fingerprint density at radius 2 is 1.68 bits per heavy atom. The number of alkyl halides is 3. The van der Waals surface area contributed by atoms with Gasteiger partial charge in [0.25, 0.3) is 5.91 Å². The van der Waals surface area contributed by atoms with E-state index in [4.69, 9.17) is 4.74 Å². The van der Waals surface area contributed by atoms with Crippen molar-refractivity contribution in [2.45, 2.75) is 57.2 Å². The topological polar surface area (TPSA) is 118 Å². The van der Waals surface area contributed by atoms with E-state index in [0.29, 0.717) is 61.1 Å². The van der Waals surface area contributed by atoms with Crippen molar-refractivity contribution in [3.8, 4) is 5.75 Å². The van der Waals surface area contributed by atoms with Crippen LogP contribution >= 0.6 is 0 Å². The number of carbonyl (C=O) groups is 2. The van der Waals surface area contributed by atoms with Crippen LogP contribution in [0.2, 0.25) is 0 Å². The first-order valence-electron chi connectivity index (χ1n) is 14.0. The van der Waals surface area contributed by atoms with Gasteiger partial charge in [0, 0.05) is 55.1 Å². The van der Waals surface area contributed by atoms with Crippen LogP contribution in [-0.4, -0.2) is 67.6 Å². The largest absolute Gasteiger partial charge is 0.534 e. The van der Waals surface area contributed by atoms with Gasteiger partial charge in [-0.05, 0) is 75.9 Å². The van der Waals surface area contributed by atoms with Crippen molar-refractivity contribution in [2.24, 2.45) is 0 Å². The first-order chi connectivity index (χ1) is 20.5. The van der Waals surface area contributed by atoms with Crippen LogP contribution in [0.5, 0.6) is 5.75 Å². The quantitative estimate of drug-likeness (QED) is 0.289. The minimum atomic E-state index is -5.91. The van der Waals surface area contributed by atoms with E-state index < -0.39 is 32.5 Å². The van der Waals surface area contributed by atoms with Crippen LogP contribution in [0.15, 0.2) is 48.7 Å². The second-order valence-electron chi connectivity index (χ2n) is 12.0. The number of fused-ring (bicyclic) bond motifs is 1. The molecule has 0 spiro atoms. The van der Waals surface area contributed by atoms with Gasteiger partial charge in [0.1, 0.15) is 11.4 Å². The molecule has 1 saturated heterocycles. The van der Waals surface area contributed by atoms with Crippen LogP contribution in [0.25, 0.3) is 10.9 Å². The summed E-state index contributed by atoms with van der Waals surface area (Å²) in [6, 6.07) is 11.2. The molecular weight excluding hydrogens is 601 g/mol. The van der Waals surface area contributed by atoms with E-state index in [0.717, 1.165) is 11.8 Å². The maximum atomic E-state index is 13.7. The van der Waals surface area contributed by atoms with Gasteiger partial charge in [-0.15, -0.1) is 0 Å². The summed E-state index contributed by atoms with van der Waals surface area (Å²) in [6.45, 7) is 9.23. The Morgan fingerprint density at radius 3 is 2.30 bits per heavy atom. The molecule has 5 rings (SSSR count). The Morgan fingerprint density at radius 1 is 1.00 bits per heavy atom. The summed E-state index contributed by atoms with van der Waals surface area (Å²) in [6.07, 6.45) is 2.01. The van der Waals surface area contributed by atoms with E-state index in [1.165, 1.54) is 12.3 Å². The second-order valence-corrected chi connectivity index (χ2v) is 13.6. The molecule has 2 amide bonds. The lowest BCUT2D eigenvalue weighted by Crippen LogP contribution is -2.50. The number of aromatic nitrogens is 1. The third-order valence-electron chi connectivity index (χ3n) is 7.56. The number of hydrogen-bond donors (Lipinski definition) is 1. The minimum absolute atomic E-state index is 0.224. The average molecular weight is 635 g/mol. The Bertz CT molecular complexity index is 1710. The van der Waals surface area contributed by atoms with E-state index >= 15 is 0 Å². The van der Waals surface area contributed by atoms with Crippen LogP contribution in [0.3, 0.4) is 0 Å². The normalized spacial score (nSPS) is 16.9. The van der Waals surface area contributed by atoms with Gasteiger partial charge in [0.2, 0.25) is 0 Å². The Labute approximate surface area is 253 Å². The summed E-state index contributed by atoms with van der Waals surface area (Å²) in [4.78, 5) is 34.1. The fourth-order valence-electron chi connectivity index (χ4n) is 5.17. The number of nitrogens with one attached hydrogen (secondary N) is 1. The van der Waals surface area contributed by atoms with Gasteiger partial charge in [-0.2, -0.15) is 21.6 Å². The van der Waals surface area contributed by atoms with Gasteiger partial charge in [-0.1, -0.05) is 12.1 Å². The van der Waals surface area contributed by atoms with Crippen molar-refractivity contribution in [1.82, 2.24) is 15.2 Å². The number of nitrogens with zero attached hydrogens (tertiary/aromatic N) is 3. The first-order valence-corrected chi connectivity index (χ1v) is 15.4. The third kappa shape index (κ3) is 6.54. The van der Waals surface area contributed by atoms with Crippen molar-refractivity contribution >= 4 is 38.7 Å². The van der Waals surface area contributed by atoms with Crippen molar-refractivity contribution in [3.05, 3.63) is 65.4 Å². The monoisotopic (exact) mass is 634 g/mol. The van der Waals surface area contributed by atoms with Crippen molar-refractivity contribution < 1.29 is 40.1 Å². The van der Waals surface area contributed by atoms with Gasteiger partial charge in [0.05, 0.1) is 11.1 Å². The SMILES string of the molecule is Cc1ccc(N2CCN(C(=O)OC(C)(C)C)CC2)cc1C(=O)NC1(c2cc(OS(=O)(=O)C(F)(F)F)cc3ncccc23)CC1. The molecule has 2 aromatic carbocycles. The smallest absolute Gasteiger partial charge is 0.444 e. The van der Waals surface area contributed by atoms with Gasteiger partial charge in [-0.3, -0.25) is 9.78 Å². The van der Waals surface area contributed by atoms with Gasteiger partial charge in [0.15, 0.2) is 0 Å². The molecule has 0 atom stereocenters. The van der Waals surface area contributed by atoms with Crippen LogP contribution in [0.4, 0.5) is 23.7 Å². The number of pyridine rings is 1. The van der Waals surface area contributed by atoms with Gasteiger partial charge < -0.3 is 24.0 Å².